The van der Waals surface area contributed by atoms with E-state index in [0.29, 0.717) is 19.6 Å². The maximum absolute atomic E-state index is 11.3. The van der Waals surface area contributed by atoms with Crippen LogP contribution in [0.5, 0.6) is 5.75 Å². The lowest BCUT2D eigenvalue weighted by Crippen LogP contribution is -2.26. The van der Waals surface area contributed by atoms with Crippen molar-refractivity contribution in [3.63, 3.8) is 0 Å². The number of benzene rings is 2. The lowest BCUT2D eigenvalue weighted by atomic mass is 9.99. The number of hydrogen-bond acceptors (Lipinski definition) is 3. The van der Waals surface area contributed by atoms with Gasteiger partial charge in [0.05, 0.1) is 0 Å². The SMILES string of the molecule is C=CCOc1ccc(CC(OCC)C(=O)O)c2ccccc12. The number of hydrogen-bond donors (Lipinski definition) is 1. The Kier molecular flexibility index (Phi) is 5.55. The van der Waals surface area contributed by atoms with Gasteiger partial charge in [-0.15, -0.1) is 0 Å². The third-order valence-corrected chi connectivity index (χ3v) is 3.38. The quantitative estimate of drug-likeness (QED) is 0.759. The van der Waals surface area contributed by atoms with Gasteiger partial charge in [-0.05, 0) is 23.9 Å². The fourth-order valence-corrected chi connectivity index (χ4v) is 2.40. The number of fused-ring (bicyclic) bond motifs is 1. The monoisotopic (exact) mass is 300 g/mol. The lowest BCUT2D eigenvalue weighted by Gasteiger charge is -2.15. The molecule has 0 radical (unpaired) electrons. The summed E-state index contributed by atoms with van der Waals surface area (Å²) in [5.74, 6) is -0.180. The summed E-state index contributed by atoms with van der Waals surface area (Å²) in [4.78, 5) is 11.3. The Morgan fingerprint density at radius 1 is 1.27 bits per heavy atom. The summed E-state index contributed by atoms with van der Waals surface area (Å²) in [6.45, 7) is 6.24. The summed E-state index contributed by atoms with van der Waals surface area (Å²) < 4.78 is 11.0. The Labute approximate surface area is 130 Å². The van der Waals surface area contributed by atoms with Crippen LogP contribution in [0.3, 0.4) is 0 Å². The normalized spacial score (nSPS) is 12.0. The zero-order valence-electron chi connectivity index (χ0n) is 12.6. The fraction of sp³-hybridized carbons (Fsp3) is 0.278. The standard InChI is InChI=1S/C18H20O4/c1-3-11-22-16-10-9-13(12-17(18(19)20)21-4-2)14-7-5-6-8-15(14)16/h3,5-10,17H,1,4,11-12H2,2H3,(H,19,20). The number of carboxylic acid groups (broad SMARTS) is 1. The van der Waals surface area contributed by atoms with E-state index in [4.69, 9.17) is 9.47 Å². The van der Waals surface area contributed by atoms with Crippen LogP contribution >= 0.6 is 0 Å². The van der Waals surface area contributed by atoms with E-state index in [9.17, 15) is 9.90 Å². The third kappa shape index (κ3) is 3.65. The van der Waals surface area contributed by atoms with E-state index in [2.05, 4.69) is 6.58 Å². The molecule has 0 fully saturated rings. The van der Waals surface area contributed by atoms with Crippen LogP contribution in [0.25, 0.3) is 10.8 Å². The molecule has 2 rings (SSSR count). The van der Waals surface area contributed by atoms with Crippen molar-refractivity contribution in [1.29, 1.82) is 0 Å². The molecule has 0 heterocycles. The van der Waals surface area contributed by atoms with Crippen molar-refractivity contribution in [1.82, 2.24) is 0 Å². The molecular weight excluding hydrogens is 280 g/mol. The van der Waals surface area contributed by atoms with E-state index in [1.54, 1.807) is 13.0 Å². The molecule has 0 saturated heterocycles. The van der Waals surface area contributed by atoms with Crippen molar-refractivity contribution in [2.24, 2.45) is 0 Å². The number of carbonyl (C=O) groups is 1. The van der Waals surface area contributed by atoms with Gasteiger partial charge in [0.25, 0.3) is 0 Å². The second-order valence-corrected chi connectivity index (χ2v) is 4.85. The molecule has 0 aliphatic rings. The lowest BCUT2D eigenvalue weighted by molar-refractivity contribution is -0.149. The zero-order chi connectivity index (χ0) is 15.9. The van der Waals surface area contributed by atoms with E-state index in [1.807, 2.05) is 36.4 Å². The number of aliphatic carboxylic acids is 1. The molecular formula is C18H20O4. The van der Waals surface area contributed by atoms with Gasteiger partial charge < -0.3 is 14.6 Å². The molecule has 2 aromatic carbocycles. The summed E-state index contributed by atoms with van der Waals surface area (Å²) in [6.07, 6.45) is 1.18. The molecule has 0 aromatic heterocycles. The van der Waals surface area contributed by atoms with Crippen LogP contribution in [0.2, 0.25) is 0 Å². The first-order valence-corrected chi connectivity index (χ1v) is 7.26. The van der Waals surface area contributed by atoms with Gasteiger partial charge in [0.15, 0.2) is 6.10 Å². The minimum atomic E-state index is -0.946. The Balaban J connectivity index is 2.38. The van der Waals surface area contributed by atoms with Gasteiger partial charge in [0.1, 0.15) is 12.4 Å². The van der Waals surface area contributed by atoms with Crippen LogP contribution < -0.4 is 4.74 Å². The van der Waals surface area contributed by atoms with E-state index >= 15 is 0 Å². The summed E-state index contributed by atoms with van der Waals surface area (Å²) in [5.41, 5.74) is 0.933. The van der Waals surface area contributed by atoms with E-state index in [-0.39, 0.29) is 0 Å². The van der Waals surface area contributed by atoms with Gasteiger partial charge in [-0.2, -0.15) is 0 Å². The Bertz CT molecular complexity index is 663. The van der Waals surface area contributed by atoms with Crippen LogP contribution in [0.15, 0.2) is 49.1 Å². The first-order valence-electron chi connectivity index (χ1n) is 7.26. The molecule has 0 aliphatic heterocycles. The molecule has 1 unspecified atom stereocenters. The van der Waals surface area contributed by atoms with E-state index in [0.717, 1.165) is 22.1 Å². The maximum atomic E-state index is 11.3. The second-order valence-electron chi connectivity index (χ2n) is 4.85. The van der Waals surface area contributed by atoms with Crippen molar-refractivity contribution in [2.75, 3.05) is 13.2 Å². The molecule has 0 saturated carbocycles. The van der Waals surface area contributed by atoms with E-state index in [1.165, 1.54) is 0 Å². The molecule has 1 atom stereocenters. The van der Waals surface area contributed by atoms with Crippen LogP contribution in [-0.2, 0) is 16.0 Å². The number of ether oxygens (including phenoxy) is 2. The van der Waals surface area contributed by atoms with Crippen molar-refractivity contribution < 1.29 is 19.4 Å². The van der Waals surface area contributed by atoms with Gasteiger partial charge in [-0.25, -0.2) is 4.79 Å². The summed E-state index contributed by atoms with van der Waals surface area (Å²) in [7, 11) is 0. The molecule has 4 heteroatoms. The molecule has 116 valence electrons. The molecule has 0 spiro atoms. The minimum absolute atomic E-state index is 0.325. The Morgan fingerprint density at radius 3 is 2.64 bits per heavy atom. The fourth-order valence-electron chi connectivity index (χ4n) is 2.40. The van der Waals surface area contributed by atoms with Crippen molar-refractivity contribution >= 4 is 16.7 Å². The highest BCUT2D eigenvalue weighted by atomic mass is 16.5. The molecule has 1 N–H and O–H groups in total. The minimum Gasteiger partial charge on any atom is -0.489 e. The molecule has 0 amide bonds. The van der Waals surface area contributed by atoms with Crippen LogP contribution in [0, 0.1) is 0 Å². The number of rotatable bonds is 8. The first-order chi connectivity index (χ1) is 10.7. The van der Waals surface area contributed by atoms with Gasteiger partial charge in [-0.3, -0.25) is 0 Å². The summed E-state index contributed by atoms with van der Waals surface area (Å²) in [5, 5.41) is 11.2. The average Bonchev–Trinajstić information content (AvgIpc) is 2.53. The van der Waals surface area contributed by atoms with Gasteiger partial charge in [0.2, 0.25) is 0 Å². The van der Waals surface area contributed by atoms with Gasteiger partial charge >= 0.3 is 5.97 Å². The van der Waals surface area contributed by atoms with Crippen molar-refractivity contribution in [3.05, 3.63) is 54.6 Å². The highest BCUT2D eigenvalue weighted by molar-refractivity contribution is 5.91. The molecule has 22 heavy (non-hydrogen) atoms. The van der Waals surface area contributed by atoms with Gasteiger partial charge in [0, 0.05) is 18.4 Å². The molecule has 0 aliphatic carbocycles. The average molecular weight is 300 g/mol. The Hall–Kier alpha value is -2.33. The highest BCUT2D eigenvalue weighted by Crippen LogP contribution is 2.29. The van der Waals surface area contributed by atoms with Crippen LogP contribution in [0.1, 0.15) is 12.5 Å². The Morgan fingerprint density at radius 2 is 2.00 bits per heavy atom. The van der Waals surface area contributed by atoms with Crippen molar-refractivity contribution in [2.45, 2.75) is 19.4 Å². The van der Waals surface area contributed by atoms with E-state index < -0.39 is 12.1 Å². The predicted molar refractivity (Wildman–Crippen MR) is 86.4 cm³/mol. The molecule has 4 nitrogen and oxygen atoms in total. The molecule has 0 bridgehead atoms. The zero-order valence-corrected chi connectivity index (χ0v) is 12.6. The summed E-state index contributed by atoms with van der Waals surface area (Å²) >= 11 is 0. The van der Waals surface area contributed by atoms with Gasteiger partial charge in [-0.1, -0.05) is 43.0 Å². The third-order valence-electron chi connectivity index (χ3n) is 3.38. The molecule has 2 aromatic rings. The largest absolute Gasteiger partial charge is 0.489 e. The predicted octanol–water partition coefficient (Wildman–Crippen LogP) is 3.44. The van der Waals surface area contributed by atoms with Crippen LogP contribution in [-0.4, -0.2) is 30.4 Å². The summed E-state index contributed by atoms with van der Waals surface area (Å²) in [6, 6.07) is 11.6. The van der Waals surface area contributed by atoms with Crippen molar-refractivity contribution in [3.8, 4) is 5.75 Å². The first kappa shape index (κ1) is 16.0. The second kappa shape index (κ2) is 7.61. The maximum Gasteiger partial charge on any atom is 0.333 e. The van der Waals surface area contributed by atoms with Crippen LogP contribution in [0.4, 0.5) is 0 Å². The smallest absolute Gasteiger partial charge is 0.333 e. The highest BCUT2D eigenvalue weighted by Gasteiger charge is 2.19. The number of carboxylic acids is 1. The topological polar surface area (TPSA) is 55.8 Å².